The van der Waals surface area contributed by atoms with E-state index in [4.69, 9.17) is 9.47 Å². The minimum Gasteiger partial charge on any atom is -0.448 e. The zero-order valence-corrected chi connectivity index (χ0v) is 29.4. The Morgan fingerprint density at radius 1 is 1.02 bits per heavy atom. The Hall–Kier alpha value is -4.42. The first-order chi connectivity index (χ1) is 23.6. The van der Waals surface area contributed by atoms with Gasteiger partial charge in [0.2, 0.25) is 0 Å². The average Bonchev–Trinajstić information content (AvgIpc) is 3.78. The zero-order chi connectivity index (χ0) is 34.5. The van der Waals surface area contributed by atoms with E-state index in [-0.39, 0.29) is 11.6 Å². The van der Waals surface area contributed by atoms with Crippen LogP contribution in [0.15, 0.2) is 83.9 Å². The number of rotatable bonds is 10. The lowest BCUT2D eigenvalue weighted by atomic mass is 9.99. The highest BCUT2D eigenvalue weighted by molar-refractivity contribution is 8.00. The summed E-state index contributed by atoms with van der Waals surface area (Å²) in [6.45, 7) is 5.32. The number of amides is 3. The maximum atomic E-state index is 13.9. The molecule has 1 aromatic heterocycles. The fourth-order valence-electron chi connectivity index (χ4n) is 6.19. The van der Waals surface area contributed by atoms with Gasteiger partial charge in [-0.15, -0.1) is 23.1 Å². The second-order valence-electron chi connectivity index (χ2n) is 13.2. The minimum atomic E-state index is -0.832. The maximum Gasteiger partial charge on any atom is 0.413 e. The van der Waals surface area contributed by atoms with Crippen LogP contribution < -0.4 is 10.6 Å². The third-order valence-electron chi connectivity index (χ3n) is 8.53. The van der Waals surface area contributed by atoms with Gasteiger partial charge in [-0.2, -0.15) is 0 Å². The second kappa shape index (κ2) is 15.0. The van der Waals surface area contributed by atoms with Crippen molar-refractivity contribution in [1.82, 2.24) is 15.2 Å². The number of nitrogens with zero attached hydrogens (tertiary/aromatic N) is 2. The number of thioether (sulfide) groups is 1. The van der Waals surface area contributed by atoms with Crippen molar-refractivity contribution in [2.45, 2.75) is 76.0 Å². The van der Waals surface area contributed by atoms with Crippen LogP contribution in [-0.4, -0.2) is 56.5 Å². The van der Waals surface area contributed by atoms with E-state index in [1.165, 1.54) is 40.8 Å². The number of β-lactam (4-membered cyclic amide) rings is 1. The van der Waals surface area contributed by atoms with Crippen molar-refractivity contribution < 1.29 is 28.7 Å². The van der Waals surface area contributed by atoms with Crippen molar-refractivity contribution in [2.75, 3.05) is 11.1 Å². The van der Waals surface area contributed by atoms with Crippen LogP contribution in [0.5, 0.6) is 0 Å². The topological polar surface area (TPSA) is 127 Å². The van der Waals surface area contributed by atoms with E-state index in [0.717, 1.165) is 24.0 Å². The van der Waals surface area contributed by atoms with Crippen molar-refractivity contribution in [3.05, 3.63) is 101 Å². The SMILES string of the molecule is CC(C)(C)OC(=O)Nc1nc(/C(=C/CC2CCCC2)C(=O)NC2C(=O)N3C(C(=O)OC(c4ccccc4)c4ccccc4)=CCSC23)cs1. The monoisotopic (exact) mass is 700 g/mol. The number of hydrogen-bond donors (Lipinski definition) is 2. The lowest BCUT2D eigenvalue weighted by molar-refractivity contribution is -0.154. The molecule has 2 atom stereocenters. The van der Waals surface area contributed by atoms with Gasteiger partial charge < -0.3 is 14.8 Å². The van der Waals surface area contributed by atoms with E-state index in [0.29, 0.717) is 34.5 Å². The molecule has 2 aromatic carbocycles. The molecule has 3 aliphatic rings. The van der Waals surface area contributed by atoms with Crippen LogP contribution in [0.2, 0.25) is 0 Å². The summed E-state index contributed by atoms with van der Waals surface area (Å²) in [6, 6.07) is 18.1. The minimum absolute atomic E-state index is 0.172. The van der Waals surface area contributed by atoms with Gasteiger partial charge in [0.15, 0.2) is 11.2 Å². The van der Waals surface area contributed by atoms with Gasteiger partial charge in [0.25, 0.3) is 11.8 Å². The summed E-state index contributed by atoms with van der Waals surface area (Å²) in [4.78, 5) is 59.4. The molecule has 3 aromatic rings. The number of hydrogen-bond acceptors (Lipinski definition) is 9. The Bertz CT molecular complexity index is 1710. The Morgan fingerprint density at radius 3 is 2.31 bits per heavy atom. The van der Waals surface area contributed by atoms with Crippen LogP contribution in [-0.2, 0) is 23.9 Å². The number of benzene rings is 2. The van der Waals surface area contributed by atoms with Crippen LogP contribution in [0, 0.1) is 5.92 Å². The van der Waals surface area contributed by atoms with Crippen LogP contribution in [0.3, 0.4) is 0 Å². The maximum absolute atomic E-state index is 13.9. The summed E-state index contributed by atoms with van der Waals surface area (Å²) in [6.07, 6.45) is 7.55. The molecule has 1 saturated carbocycles. The summed E-state index contributed by atoms with van der Waals surface area (Å²) in [5.41, 5.74) is 1.87. The highest BCUT2D eigenvalue weighted by Gasteiger charge is 2.53. The van der Waals surface area contributed by atoms with Crippen molar-refractivity contribution >= 4 is 57.7 Å². The molecule has 2 aliphatic heterocycles. The highest BCUT2D eigenvalue weighted by atomic mass is 32.2. The Balaban J connectivity index is 1.15. The number of fused-ring (bicyclic) bond motifs is 1. The molecular weight excluding hydrogens is 661 g/mol. The Morgan fingerprint density at radius 2 is 1.67 bits per heavy atom. The number of anilines is 1. The molecule has 0 radical (unpaired) electrons. The summed E-state index contributed by atoms with van der Waals surface area (Å²) < 4.78 is 11.4. The number of aromatic nitrogens is 1. The van der Waals surface area contributed by atoms with Crippen LogP contribution in [0.25, 0.3) is 5.57 Å². The number of carbonyl (C=O) groups is 4. The number of thiazole rings is 1. The van der Waals surface area contributed by atoms with Crippen molar-refractivity contribution in [1.29, 1.82) is 0 Å². The van der Waals surface area contributed by atoms with Crippen LogP contribution in [0.1, 0.15) is 75.8 Å². The Labute approximate surface area is 294 Å². The molecule has 2 unspecified atom stereocenters. The van der Waals surface area contributed by atoms with Gasteiger partial charge in [-0.05, 0) is 50.3 Å². The van der Waals surface area contributed by atoms with E-state index in [9.17, 15) is 19.2 Å². The van der Waals surface area contributed by atoms with Crippen LogP contribution >= 0.6 is 23.1 Å². The van der Waals surface area contributed by atoms with Crippen LogP contribution in [0.4, 0.5) is 9.93 Å². The highest BCUT2D eigenvalue weighted by Crippen LogP contribution is 2.39. The Kier molecular flexibility index (Phi) is 10.5. The van der Waals surface area contributed by atoms with Gasteiger partial charge in [-0.3, -0.25) is 19.8 Å². The summed E-state index contributed by atoms with van der Waals surface area (Å²) in [5, 5.41) is 7.11. The number of esters is 1. The van der Waals surface area contributed by atoms with Gasteiger partial charge in [0.1, 0.15) is 22.7 Å². The molecule has 2 N–H and O–H groups in total. The number of ether oxygens (including phenoxy) is 2. The molecule has 6 rings (SSSR count). The summed E-state index contributed by atoms with van der Waals surface area (Å²) >= 11 is 2.66. The van der Waals surface area contributed by atoms with Gasteiger partial charge in [0.05, 0.1) is 11.3 Å². The van der Waals surface area contributed by atoms with E-state index in [1.807, 2.05) is 66.7 Å². The summed E-state index contributed by atoms with van der Waals surface area (Å²) in [7, 11) is 0. The molecule has 2 fully saturated rings. The van der Waals surface area contributed by atoms with Gasteiger partial charge in [0, 0.05) is 11.1 Å². The fourth-order valence-corrected chi connectivity index (χ4v) is 8.08. The van der Waals surface area contributed by atoms with Gasteiger partial charge >= 0.3 is 12.1 Å². The molecule has 1 saturated heterocycles. The predicted octanol–water partition coefficient (Wildman–Crippen LogP) is 7.07. The van der Waals surface area contributed by atoms with E-state index in [2.05, 4.69) is 15.6 Å². The quantitative estimate of drug-likeness (QED) is 0.131. The normalized spacial score (nSPS) is 19.5. The molecule has 12 heteroatoms. The lowest BCUT2D eigenvalue weighted by Gasteiger charge is -2.48. The second-order valence-corrected chi connectivity index (χ2v) is 15.3. The molecular formula is C37H40N4O6S2. The average molecular weight is 701 g/mol. The first-order valence-electron chi connectivity index (χ1n) is 16.5. The molecule has 49 heavy (non-hydrogen) atoms. The zero-order valence-electron chi connectivity index (χ0n) is 27.7. The van der Waals surface area contributed by atoms with Crippen molar-refractivity contribution in [3.8, 4) is 0 Å². The summed E-state index contributed by atoms with van der Waals surface area (Å²) in [5.74, 6) is -0.471. The molecule has 3 heterocycles. The number of allylic oxidation sites excluding steroid dienone is 1. The third kappa shape index (κ3) is 8.25. The third-order valence-corrected chi connectivity index (χ3v) is 10.5. The van der Waals surface area contributed by atoms with E-state index in [1.54, 1.807) is 32.2 Å². The largest absolute Gasteiger partial charge is 0.448 e. The predicted molar refractivity (Wildman–Crippen MR) is 190 cm³/mol. The number of carbonyl (C=O) groups excluding carboxylic acids is 4. The van der Waals surface area contributed by atoms with E-state index >= 15 is 0 Å². The fraction of sp³-hybridized carbons (Fsp3) is 0.378. The first kappa shape index (κ1) is 34.4. The molecule has 256 valence electrons. The molecule has 0 bridgehead atoms. The molecule has 0 spiro atoms. The van der Waals surface area contributed by atoms with Crippen molar-refractivity contribution in [3.63, 3.8) is 0 Å². The first-order valence-corrected chi connectivity index (χ1v) is 18.4. The number of nitrogens with one attached hydrogen (secondary N) is 2. The lowest BCUT2D eigenvalue weighted by Crippen LogP contribution is -2.70. The van der Waals surface area contributed by atoms with Gasteiger partial charge in [-0.1, -0.05) is 92.4 Å². The molecule has 10 nitrogen and oxygen atoms in total. The van der Waals surface area contributed by atoms with E-state index < -0.39 is 41.1 Å². The standard InChI is InChI=1S/C37H40N4O6S2/c1-37(2,3)47-36(45)40-35-38-27(22-49-35)26(19-18-23-12-10-11-13-23)31(42)39-29-32(43)41-28(20-21-48-33(29)41)34(44)46-30(24-14-6-4-7-15-24)25-16-8-5-9-17-25/h4-9,14-17,19-20,22-23,29-30,33H,10-13,18,21H2,1-3H3,(H,39,42)(H,38,40,45)/b26-19-. The van der Waals surface area contributed by atoms with Gasteiger partial charge in [-0.25, -0.2) is 14.6 Å². The van der Waals surface area contributed by atoms with Crippen molar-refractivity contribution in [2.24, 2.45) is 5.92 Å². The smallest absolute Gasteiger partial charge is 0.413 e. The molecule has 3 amide bonds. The molecule has 1 aliphatic carbocycles.